The quantitative estimate of drug-likeness (QED) is 0.811. The molecule has 1 aromatic rings. The Morgan fingerprint density at radius 3 is 2.48 bits per heavy atom. The van der Waals surface area contributed by atoms with Gasteiger partial charge in [0, 0.05) is 13.0 Å². The third kappa shape index (κ3) is 5.05. The van der Waals surface area contributed by atoms with Crippen molar-refractivity contribution in [3.05, 3.63) is 29.8 Å². The summed E-state index contributed by atoms with van der Waals surface area (Å²) in [5.41, 5.74) is 0.321. The van der Waals surface area contributed by atoms with Crippen molar-refractivity contribution in [1.82, 2.24) is 5.32 Å². The Bertz CT molecular complexity index is 472. The average Bonchev–Trinajstić information content (AvgIpc) is 3.26. The van der Waals surface area contributed by atoms with Gasteiger partial charge in [0.1, 0.15) is 5.75 Å². The predicted octanol–water partition coefficient (Wildman–Crippen LogP) is 2.47. The summed E-state index contributed by atoms with van der Waals surface area (Å²) in [5.74, 6) is 1.70. The minimum Gasteiger partial charge on any atom is -0.497 e. The van der Waals surface area contributed by atoms with Crippen LogP contribution in [0.15, 0.2) is 24.3 Å². The molecule has 0 spiro atoms. The van der Waals surface area contributed by atoms with E-state index in [1.807, 2.05) is 24.3 Å². The van der Waals surface area contributed by atoms with Crippen molar-refractivity contribution < 1.29 is 14.6 Å². The number of aliphatic hydroxyl groups is 1. The number of benzene rings is 1. The SMILES string of the molecule is COc1ccc(C(CC(=O)NCC(C)(C)O)C2CC2)cc1. The number of ether oxygens (including phenoxy) is 1. The van der Waals surface area contributed by atoms with Crippen LogP contribution in [0.4, 0.5) is 0 Å². The summed E-state index contributed by atoms with van der Waals surface area (Å²) in [4.78, 5) is 12.1. The van der Waals surface area contributed by atoms with E-state index in [0.29, 0.717) is 12.3 Å². The highest BCUT2D eigenvalue weighted by molar-refractivity contribution is 5.77. The molecule has 1 aromatic carbocycles. The molecule has 1 aliphatic rings. The lowest BCUT2D eigenvalue weighted by Gasteiger charge is -2.20. The Morgan fingerprint density at radius 2 is 2.00 bits per heavy atom. The van der Waals surface area contributed by atoms with Crippen molar-refractivity contribution in [2.24, 2.45) is 5.92 Å². The normalized spacial score (nSPS) is 16.4. The minimum absolute atomic E-state index is 0.00448. The smallest absolute Gasteiger partial charge is 0.220 e. The molecule has 1 amide bonds. The van der Waals surface area contributed by atoms with E-state index in [1.54, 1.807) is 21.0 Å². The molecule has 0 heterocycles. The molecule has 2 rings (SSSR count). The molecule has 21 heavy (non-hydrogen) atoms. The lowest BCUT2D eigenvalue weighted by Crippen LogP contribution is -2.38. The van der Waals surface area contributed by atoms with Gasteiger partial charge in [0.05, 0.1) is 12.7 Å². The van der Waals surface area contributed by atoms with Crippen molar-refractivity contribution in [2.45, 2.75) is 44.6 Å². The number of nitrogens with one attached hydrogen (secondary N) is 1. The summed E-state index contributed by atoms with van der Waals surface area (Å²) >= 11 is 0. The third-order valence-electron chi connectivity index (χ3n) is 3.86. The monoisotopic (exact) mass is 291 g/mol. The predicted molar refractivity (Wildman–Crippen MR) is 82.4 cm³/mol. The highest BCUT2D eigenvalue weighted by atomic mass is 16.5. The molecule has 1 atom stereocenters. The molecule has 4 heteroatoms. The minimum atomic E-state index is -0.870. The van der Waals surface area contributed by atoms with Gasteiger partial charge in [-0.15, -0.1) is 0 Å². The fraction of sp³-hybridized carbons (Fsp3) is 0.588. The van der Waals surface area contributed by atoms with Gasteiger partial charge in [0.2, 0.25) is 5.91 Å². The van der Waals surface area contributed by atoms with Crippen LogP contribution in [0.5, 0.6) is 5.75 Å². The van der Waals surface area contributed by atoms with Crippen LogP contribution in [-0.2, 0) is 4.79 Å². The van der Waals surface area contributed by atoms with Crippen molar-refractivity contribution in [2.75, 3.05) is 13.7 Å². The second kappa shape index (κ2) is 6.48. The highest BCUT2D eigenvalue weighted by Crippen LogP contribution is 2.44. The number of methoxy groups -OCH3 is 1. The van der Waals surface area contributed by atoms with Crippen LogP contribution in [0.2, 0.25) is 0 Å². The number of carbonyl (C=O) groups is 1. The molecule has 2 N–H and O–H groups in total. The summed E-state index contributed by atoms with van der Waals surface area (Å²) in [6.45, 7) is 3.66. The standard InChI is InChI=1S/C17H25NO3/c1-17(2,20)11-18-16(19)10-15(12-4-5-12)13-6-8-14(21-3)9-7-13/h6-9,12,15,20H,4-5,10-11H2,1-3H3,(H,18,19). The van der Waals surface area contributed by atoms with E-state index in [-0.39, 0.29) is 18.4 Å². The van der Waals surface area contributed by atoms with Crippen LogP contribution < -0.4 is 10.1 Å². The number of amides is 1. The van der Waals surface area contributed by atoms with Gasteiger partial charge in [-0.05, 0) is 56.2 Å². The van der Waals surface area contributed by atoms with Crippen LogP contribution in [-0.4, -0.2) is 30.3 Å². The van der Waals surface area contributed by atoms with Crippen LogP contribution in [0.1, 0.15) is 44.6 Å². The molecule has 1 fully saturated rings. The summed E-state index contributed by atoms with van der Waals surface area (Å²) in [7, 11) is 1.65. The van der Waals surface area contributed by atoms with E-state index in [2.05, 4.69) is 5.32 Å². The summed E-state index contributed by atoms with van der Waals surface area (Å²) in [6.07, 6.45) is 2.86. The van der Waals surface area contributed by atoms with Crippen LogP contribution in [0, 0.1) is 5.92 Å². The molecule has 1 saturated carbocycles. The molecular formula is C17H25NO3. The Hall–Kier alpha value is -1.55. The summed E-state index contributed by atoms with van der Waals surface area (Å²) < 4.78 is 5.18. The molecule has 0 aromatic heterocycles. The first kappa shape index (κ1) is 15.8. The van der Waals surface area contributed by atoms with E-state index in [0.717, 1.165) is 5.75 Å². The van der Waals surface area contributed by atoms with Crippen molar-refractivity contribution in [1.29, 1.82) is 0 Å². The van der Waals surface area contributed by atoms with Gasteiger partial charge in [-0.25, -0.2) is 0 Å². The zero-order valence-electron chi connectivity index (χ0n) is 13.1. The molecule has 1 unspecified atom stereocenters. The largest absolute Gasteiger partial charge is 0.497 e. The maximum Gasteiger partial charge on any atom is 0.220 e. The lowest BCUT2D eigenvalue weighted by molar-refractivity contribution is -0.122. The first-order chi connectivity index (χ1) is 9.89. The van der Waals surface area contributed by atoms with E-state index in [9.17, 15) is 9.90 Å². The molecular weight excluding hydrogens is 266 g/mol. The summed E-state index contributed by atoms with van der Waals surface area (Å²) in [5, 5.41) is 12.5. The number of hydrogen-bond acceptors (Lipinski definition) is 3. The number of hydrogen-bond donors (Lipinski definition) is 2. The molecule has 1 aliphatic carbocycles. The molecule has 116 valence electrons. The second-order valence-electron chi connectivity index (χ2n) is 6.51. The third-order valence-corrected chi connectivity index (χ3v) is 3.86. The van der Waals surface area contributed by atoms with Gasteiger partial charge in [-0.1, -0.05) is 12.1 Å². The lowest BCUT2D eigenvalue weighted by atomic mass is 9.90. The topological polar surface area (TPSA) is 58.6 Å². The Kier molecular flexibility index (Phi) is 4.88. The maximum absolute atomic E-state index is 12.1. The molecule has 0 aliphatic heterocycles. The summed E-state index contributed by atoms with van der Waals surface area (Å²) in [6, 6.07) is 7.98. The Balaban J connectivity index is 1.97. The zero-order chi connectivity index (χ0) is 15.5. The molecule has 4 nitrogen and oxygen atoms in total. The van der Waals surface area contributed by atoms with Crippen molar-refractivity contribution in [3.63, 3.8) is 0 Å². The first-order valence-corrected chi connectivity index (χ1v) is 7.52. The van der Waals surface area contributed by atoms with Gasteiger partial charge in [-0.2, -0.15) is 0 Å². The first-order valence-electron chi connectivity index (χ1n) is 7.52. The van der Waals surface area contributed by atoms with Crippen LogP contribution in [0.3, 0.4) is 0 Å². The van der Waals surface area contributed by atoms with E-state index in [4.69, 9.17) is 4.74 Å². The van der Waals surface area contributed by atoms with E-state index >= 15 is 0 Å². The molecule has 0 saturated heterocycles. The Morgan fingerprint density at radius 1 is 1.38 bits per heavy atom. The van der Waals surface area contributed by atoms with Gasteiger partial charge in [0.25, 0.3) is 0 Å². The second-order valence-corrected chi connectivity index (χ2v) is 6.51. The highest BCUT2D eigenvalue weighted by Gasteiger charge is 2.33. The van der Waals surface area contributed by atoms with Crippen LogP contribution >= 0.6 is 0 Å². The van der Waals surface area contributed by atoms with E-state index in [1.165, 1.54) is 18.4 Å². The fourth-order valence-electron chi connectivity index (χ4n) is 2.49. The maximum atomic E-state index is 12.1. The fourth-order valence-corrected chi connectivity index (χ4v) is 2.49. The van der Waals surface area contributed by atoms with Gasteiger partial charge in [0.15, 0.2) is 0 Å². The Labute approximate surface area is 126 Å². The van der Waals surface area contributed by atoms with Crippen LogP contribution in [0.25, 0.3) is 0 Å². The van der Waals surface area contributed by atoms with Gasteiger partial charge < -0.3 is 15.2 Å². The zero-order valence-corrected chi connectivity index (χ0v) is 13.1. The van der Waals surface area contributed by atoms with Gasteiger partial charge >= 0.3 is 0 Å². The number of carbonyl (C=O) groups excluding carboxylic acids is 1. The molecule has 0 bridgehead atoms. The average molecular weight is 291 g/mol. The van der Waals surface area contributed by atoms with Crippen molar-refractivity contribution >= 4 is 5.91 Å². The van der Waals surface area contributed by atoms with Gasteiger partial charge in [-0.3, -0.25) is 4.79 Å². The number of rotatable bonds is 7. The van der Waals surface area contributed by atoms with E-state index < -0.39 is 5.60 Å². The molecule has 0 radical (unpaired) electrons. The van der Waals surface area contributed by atoms with Crippen molar-refractivity contribution in [3.8, 4) is 5.75 Å².